The van der Waals surface area contributed by atoms with E-state index in [0.717, 1.165) is 5.54 Å². The van der Waals surface area contributed by atoms with Crippen LogP contribution >= 0.6 is 0 Å². The van der Waals surface area contributed by atoms with Crippen molar-refractivity contribution in [2.75, 3.05) is 0 Å². The van der Waals surface area contributed by atoms with Gasteiger partial charge in [0.1, 0.15) is 0 Å². The first-order chi connectivity index (χ1) is 6.20. The quantitative estimate of drug-likeness (QED) is 0.639. The van der Waals surface area contributed by atoms with Gasteiger partial charge in [0.15, 0.2) is 0 Å². The number of benzene rings is 1. The molecule has 0 heterocycles. The minimum Gasteiger partial charge on any atom is -0.0841 e. The molecule has 0 aliphatic carbocycles. The largest absolute Gasteiger partial charge is 0.0841 e. The maximum Gasteiger partial charge on any atom is 0.0376 e. The van der Waals surface area contributed by atoms with Crippen molar-refractivity contribution in [3.8, 4) is 0 Å². The van der Waals surface area contributed by atoms with Crippen molar-refractivity contribution >= 4 is 14.9 Å². The van der Waals surface area contributed by atoms with Crippen molar-refractivity contribution in [1.82, 2.24) is 0 Å². The molecule has 0 aromatic heterocycles. The highest BCUT2D eigenvalue weighted by Gasteiger charge is 2.02. The van der Waals surface area contributed by atoms with Crippen LogP contribution in [-0.4, -0.2) is 8.80 Å². The van der Waals surface area contributed by atoms with Crippen LogP contribution < -0.4 is 0 Å². The van der Waals surface area contributed by atoms with E-state index in [-0.39, 0.29) is 0 Å². The molecule has 0 N–H and O–H groups in total. The van der Waals surface area contributed by atoms with Gasteiger partial charge in [0.25, 0.3) is 0 Å². The second-order valence-electron chi connectivity index (χ2n) is 3.87. The molecule has 0 radical (unpaired) electrons. The molecule has 0 spiro atoms. The Morgan fingerprint density at radius 1 is 1.15 bits per heavy atom. The Morgan fingerprint density at radius 3 is 2.31 bits per heavy atom. The van der Waals surface area contributed by atoms with Gasteiger partial charge in [-0.3, -0.25) is 0 Å². The van der Waals surface area contributed by atoms with Gasteiger partial charge in [-0.25, -0.2) is 0 Å². The summed E-state index contributed by atoms with van der Waals surface area (Å²) in [5.41, 5.74) is 2.10. The molecular weight excluding hydrogens is 172 g/mol. The molecule has 1 atom stereocenters. The summed E-state index contributed by atoms with van der Waals surface area (Å²) in [5.74, 6) is 0. The maximum absolute atomic E-state index is 2.39. The highest BCUT2D eigenvalue weighted by atomic mass is 28.3. The second kappa shape index (κ2) is 5.03. The van der Waals surface area contributed by atoms with E-state index in [0.29, 0.717) is 0 Å². The van der Waals surface area contributed by atoms with Gasteiger partial charge < -0.3 is 0 Å². The molecule has 70 valence electrons. The predicted molar refractivity (Wildman–Crippen MR) is 63.8 cm³/mol. The Hall–Kier alpha value is -0.823. The molecule has 0 nitrogen and oxygen atoms in total. The molecule has 0 amide bonds. The molecule has 13 heavy (non-hydrogen) atoms. The molecule has 0 aliphatic rings. The average Bonchev–Trinajstić information content (AvgIpc) is 2.15. The standard InChI is InChI=1S/C12H18Si/c1-11(13(2)3)9-10-12-7-5-4-6-8-12/h4-11,13H,1-3H3. The van der Waals surface area contributed by atoms with Crippen LogP contribution in [0.5, 0.6) is 0 Å². The minimum absolute atomic E-state index is 0.493. The smallest absolute Gasteiger partial charge is 0.0376 e. The molecule has 1 aromatic rings. The fraction of sp³-hybridized carbons (Fsp3) is 0.333. The van der Waals surface area contributed by atoms with E-state index in [9.17, 15) is 0 Å². The lowest BCUT2D eigenvalue weighted by Gasteiger charge is -2.07. The first-order valence-corrected chi connectivity index (χ1v) is 7.91. The van der Waals surface area contributed by atoms with E-state index >= 15 is 0 Å². The second-order valence-corrected chi connectivity index (χ2v) is 7.41. The maximum atomic E-state index is 2.39. The van der Waals surface area contributed by atoms with Crippen LogP contribution in [0.1, 0.15) is 12.5 Å². The molecule has 1 aromatic carbocycles. The Labute approximate surface area is 82.9 Å². The lowest BCUT2D eigenvalue weighted by atomic mass is 10.2. The first kappa shape index (κ1) is 10.3. The number of rotatable bonds is 3. The van der Waals surface area contributed by atoms with Crippen molar-refractivity contribution in [2.24, 2.45) is 0 Å². The summed E-state index contributed by atoms with van der Waals surface area (Å²) in [6.45, 7) is 7.09. The number of allylic oxidation sites excluding steroid dienone is 1. The van der Waals surface area contributed by atoms with Crippen LogP contribution in [0, 0.1) is 0 Å². The Balaban J connectivity index is 2.59. The number of hydrogen-bond acceptors (Lipinski definition) is 0. The molecule has 1 unspecified atom stereocenters. The summed E-state index contributed by atoms with van der Waals surface area (Å²) in [6.07, 6.45) is 4.57. The SMILES string of the molecule is CC(C=Cc1ccccc1)[SiH](C)C. The Morgan fingerprint density at radius 2 is 1.77 bits per heavy atom. The van der Waals surface area contributed by atoms with E-state index in [2.05, 4.69) is 62.5 Å². The highest BCUT2D eigenvalue weighted by Crippen LogP contribution is 2.13. The normalized spacial score (nSPS) is 13.8. The van der Waals surface area contributed by atoms with Gasteiger partial charge >= 0.3 is 0 Å². The zero-order valence-corrected chi connectivity index (χ0v) is 9.85. The van der Waals surface area contributed by atoms with Crippen molar-refractivity contribution in [3.63, 3.8) is 0 Å². The van der Waals surface area contributed by atoms with E-state index in [1.165, 1.54) is 5.56 Å². The minimum atomic E-state index is -0.493. The fourth-order valence-corrected chi connectivity index (χ4v) is 1.60. The molecular formula is C12H18Si. The van der Waals surface area contributed by atoms with Crippen LogP contribution in [-0.2, 0) is 0 Å². The Bertz CT molecular complexity index is 262. The lowest BCUT2D eigenvalue weighted by molar-refractivity contribution is 1.17. The average molecular weight is 190 g/mol. The van der Waals surface area contributed by atoms with Gasteiger partial charge in [-0.1, -0.05) is 62.5 Å². The molecule has 0 aliphatic heterocycles. The molecule has 1 heteroatoms. The first-order valence-electron chi connectivity index (χ1n) is 4.93. The summed E-state index contributed by atoms with van der Waals surface area (Å²) in [6, 6.07) is 10.5. The summed E-state index contributed by atoms with van der Waals surface area (Å²) in [4.78, 5) is 0. The van der Waals surface area contributed by atoms with Gasteiger partial charge in [-0.05, 0) is 11.1 Å². The van der Waals surface area contributed by atoms with Crippen LogP contribution in [0.2, 0.25) is 18.6 Å². The molecule has 0 saturated carbocycles. The topological polar surface area (TPSA) is 0 Å². The third-order valence-electron chi connectivity index (χ3n) is 2.44. The van der Waals surface area contributed by atoms with Gasteiger partial charge in [0, 0.05) is 8.80 Å². The summed E-state index contributed by atoms with van der Waals surface area (Å²) in [7, 11) is -0.493. The van der Waals surface area contributed by atoms with Crippen LogP contribution in [0.25, 0.3) is 6.08 Å². The van der Waals surface area contributed by atoms with Crippen molar-refractivity contribution in [3.05, 3.63) is 42.0 Å². The zero-order chi connectivity index (χ0) is 9.68. The lowest BCUT2D eigenvalue weighted by Crippen LogP contribution is -2.05. The molecule has 0 saturated heterocycles. The Kier molecular flexibility index (Phi) is 3.97. The van der Waals surface area contributed by atoms with Gasteiger partial charge in [-0.15, -0.1) is 0 Å². The van der Waals surface area contributed by atoms with E-state index in [1.807, 2.05) is 0 Å². The van der Waals surface area contributed by atoms with Crippen LogP contribution in [0.3, 0.4) is 0 Å². The third-order valence-corrected chi connectivity index (χ3v) is 4.77. The molecule has 1 rings (SSSR count). The summed E-state index contributed by atoms with van der Waals surface area (Å²) >= 11 is 0. The highest BCUT2D eigenvalue weighted by molar-refractivity contribution is 6.58. The monoisotopic (exact) mass is 190 g/mol. The van der Waals surface area contributed by atoms with Crippen LogP contribution in [0.4, 0.5) is 0 Å². The van der Waals surface area contributed by atoms with E-state index in [4.69, 9.17) is 0 Å². The van der Waals surface area contributed by atoms with Crippen molar-refractivity contribution < 1.29 is 0 Å². The van der Waals surface area contributed by atoms with Gasteiger partial charge in [0.2, 0.25) is 0 Å². The number of hydrogen-bond donors (Lipinski definition) is 0. The molecule has 0 fully saturated rings. The van der Waals surface area contributed by atoms with Crippen molar-refractivity contribution in [1.29, 1.82) is 0 Å². The van der Waals surface area contributed by atoms with E-state index < -0.39 is 8.80 Å². The van der Waals surface area contributed by atoms with Gasteiger partial charge in [0.05, 0.1) is 0 Å². The zero-order valence-electron chi connectivity index (χ0n) is 8.70. The van der Waals surface area contributed by atoms with Gasteiger partial charge in [-0.2, -0.15) is 0 Å². The van der Waals surface area contributed by atoms with E-state index in [1.54, 1.807) is 0 Å². The summed E-state index contributed by atoms with van der Waals surface area (Å²) < 4.78 is 0. The van der Waals surface area contributed by atoms with Crippen LogP contribution in [0.15, 0.2) is 36.4 Å². The predicted octanol–water partition coefficient (Wildman–Crippen LogP) is 3.58. The van der Waals surface area contributed by atoms with Crippen molar-refractivity contribution in [2.45, 2.75) is 25.6 Å². The summed E-state index contributed by atoms with van der Waals surface area (Å²) in [5, 5.41) is 0. The molecule has 0 bridgehead atoms. The third kappa shape index (κ3) is 3.60. The fourth-order valence-electron chi connectivity index (χ4n) is 1.05.